The number of ether oxygens (including phenoxy) is 5. The van der Waals surface area contributed by atoms with Crippen molar-refractivity contribution >= 4 is 23.9 Å². The van der Waals surface area contributed by atoms with Gasteiger partial charge < -0.3 is 39.0 Å². The zero-order valence-electron chi connectivity index (χ0n) is 46.4. The molecule has 73 heavy (non-hydrogen) atoms. The van der Waals surface area contributed by atoms with Gasteiger partial charge in [0.25, 0.3) is 0 Å². The third-order valence-corrected chi connectivity index (χ3v) is 13.3. The maximum Gasteiger partial charge on any atom is 0.335 e. The number of carbonyl (C=O) groups excluding carboxylic acids is 3. The number of carbonyl (C=O) groups is 4. The van der Waals surface area contributed by atoms with E-state index in [-0.39, 0.29) is 25.9 Å². The lowest BCUT2D eigenvalue weighted by Crippen LogP contribution is -2.61. The van der Waals surface area contributed by atoms with Crippen molar-refractivity contribution in [3.63, 3.8) is 0 Å². The van der Waals surface area contributed by atoms with Gasteiger partial charge in [0.05, 0.1) is 6.61 Å². The second-order valence-electron chi connectivity index (χ2n) is 20.3. The molecule has 0 saturated carbocycles. The highest BCUT2D eigenvalue weighted by atomic mass is 16.7. The molecule has 1 heterocycles. The Kier molecular flexibility index (Phi) is 45.9. The quantitative estimate of drug-likeness (QED) is 0.0228. The van der Waals surface area contributed by atoms with Gasteiger partial charge in [0, 0.05) is 19.3 Å². The molecule has 12 nitrogen and oxygen atoms in total. The molecular formula is C61H106O12. The second-order valence-corrected chi connectivity index (χ2v) is 20.3. The first-order valence-corrected chi connectivity index (χ1v) is 29.6. The summed E-state index contributed by atoms with van der Waals surface area (Å²) in [7, 11) is 0. The molecule has 0 spiro atoms. The highest BCUT2D eigenvalue weighted by molar-refractivity contribution is 5.74. The van der Waals surface area contributed by atoms with E-state index in [1.807, 2.05) is 0 Å². The largest absolute Gasteiger partial charge is 0.479 e. The van der Waals surface area contributed by atoms with Gasteiger partial charge in [0.2, 0.25) is 0 Å². The number of aliphatic hydroxyl groups is 2. The number of hydrogen-bond donors (Lipinski definition) is 3. The van der Waals surface area contributed by atoms with Gasteiger partial charge in [-0.1, -0.05) is 191 Å². The Balaban J connectivity index is 2.69. The number of carboxylic acid groups (broad SMARTS) is 1. The Morgan fingerprint density at radius 2 is 0.822 bits per heavy atom. The summed E-state index contributed by atoms with van der Waals surface area (Å²) < 4.78 is 28.4. The monoisotopic (exact) mass is 1030 g/mol. The molecule has 0 amide bonds. The lowest BCUT2D eigenvalue weighted by atomic mass is 9.98. The van der Waals surface area contributed by atoms with Crippen LogP contribution in [0.5, 0.6) is 0 Å². The normalized spacial score (nSPS) is 18.6. The minimum absolute atomic E-state index is 0.0509. The molecule has 0 aromatic carbocycles. The first-order chi connectivity index (χ1) is 35.6. The molecule has 1 fully saturated rings. The van der Waals surface area contributed by atoms with Crippen molar-refractivity contribution in [1.29, 1.82) is 0 Å². The van der Waals surface area contributed by atoms with Crippen LogP contribution in [0.4, 0.5) is 0 Å². The lowest BCUT2D eigenvalue weighted by Gasteiger charge is -2.40. The summed E-state index contributed by atoms with van der Waals surface area (Å²) in [4.78, 5) is 51.1. The number of allylic oxidation sites excluding steroid dienone is 8. The summed E-state index contributed by atoms with van der Waals surface area (Å²) in [5.74, 6) is -3.14. The van der Waals surface area contributed by atoms with Crippen LogP contribution in [0.15, 0.2) is 48.6 Å². The van der Waals surface area contributed by atoms with Crippen LogP contribution in [0.1, 0.15) is 265 Å². The molecule has 3 N–H and O–H groups in total. The molecule has 0 aromatic heterocycles. The molecular weight excluding hydrogens is 925 g/mol. The molecule has 1 rings (SSSR count). The van der Waals surface area contributed by atoms with E-state index < -0.39 is 67.3 Å². The van der Waals surface area contributed by atoms with Crippen molar-refractivity contribution in [2.24, 2.45) is 0 Å². The third-order valence-electron chi connectivity index (χ3n) is 13.3. The number of rotatable bonds is 50. The van der Waals surface area contributed by atoms with Gasteiger partial charge in [-0.3, -0.25) is 14.4 Å². The molecule has 0 aliphatic carbocycles. The lowest BCUT2D eigenvalue weighted by molar-refractivity contribution is -0.301. The predicted molar refractivity (Wildman–Crippen MR) is 294 cm³/mol. The van der Waals surface area contributed by atoms with Gasteiger partial charge in [-0.25, -0.2) is 4.79 Å². The summed E-state index contributed by atoms with van der Waals surface area (Å²) in [6.07, 6.45) is 46.5. The molecule has 12 heteroatoms. The molecule has 422 valence electrons. The molecule has 1 aliphatic heterocycles. The highest BCUT2D eigenvalue weighted by Crippen LogP contribution is 2.26. The SMILES string of the molecule is CCCCC/C=C\C/C=C\CCCCCCCCCC(=O)OC1C(OCC(COC(=O)CCCCCCC/C=C\CCCCCC)OC(=O)CCCCCCC/C=C\CCCCCC)OC(C(=O)O)C(O)C1O. The van der Waals surface area contributed by atoms with Crippen LogP contribution in [0.2, 0.25) is 0 Å². The Bertz CT molecular complexity index is 1460. The van der Waals surface area contributed by atoms with Gasteiger partial charge >= 0.3 is 23.9 Å². The summed E-state index contributed by atoms with van der Waals surface area (Å²) in [5, 5.41) is 31.5. The number of unbranched alkanes of at least 4 members (excludes halogenated alkanes) is 28. The van der Waals surface area contributed by atoms with Crippen molar-refractivity contribution in [3.05, 3.63) is 48.6 Å². The fraction of sp³-hybridized carbons (Fsp3) is 0.803. The van der Waals surface area contributed by atoms with Crippen LogP contribution in [-0.2, 0) is 42.9 Å². The van der Waals surface area contributed by atoms with Crippen molar-refractivity contribution in [1.82, 2.24) is 0 Å². The maximum absolute atomic E-state index is 13.1. The van der Waals surface area contributed by atoms with E-state index in [4.69, 9.17) is 23.7 Å². The predicted octanol–water partition coefficient (Wildman–Crippen LogP) is 15.0. The van der Waals surface area contributed by atoms with Crippen molar-refractivity contribution in [3.8, 4) is 0 Å². The van der Waals surface area contributed by atoms with E-state index in [9.17, 15) is 34.5 Å². The molecule has 0 aromatic rings. The first-order valence-electron chi connectivity index (χ1n) is 29.6. The first kappa shape index (κ1) is 67.7. The molecule has 1 aliphatic rings. The number of aliphatic hydroxyl groups excluding tert-OH is 2. The minimum atomic E-state index is -1.91. The van der Waals surface area contributed by atoms with Crippen LogP contribution < -0.4 is 0 Å². The van der Waals surface area contributed by atoms with Crippen LogP contribution in [0.3, 0.4) is 0 Å². The minimum Gasteiger partial charge on any atom is -0.479 e. The van der Waals surface area contributed by atoms with E-state index in [0.717, 1.165) is 135 Å². The summed E-state index contributed by atoms with van der Waals surface area (Å²) >= 11 is 0. The molecule has 6 atom stereocenters. The van der Waals surface area contributed by atoms with Gasteiger partial charge in [-0.2, -0.15) is 0 Å². The van der Waals surface area contributed by atoms with Gasteiger partial charge in [0.15, 0.2) is 24.6 Å². The van der Waals surface area contributed by atoms with Crippen LogP contribution in [0, 0.1) is 0 Å². The standard InChI is InChI=1S/C61H106O12/c1-4-7-10-13-16-19-22-25-26-27-28-31-34-37-40-43-46-49-55(64)72-59-57(66)56(65)58(60(67)68)73-61(59)70-51-52(71-54(63)48-45-42-39-36-33-30-24-21-18-15-12-9-6-3)50-69-53(62)47-44-41-38-35-32-29-23-20-17-14-11-8-5-2/h16,19-21,23-26,52,56-59,61,65-66H,4-15,17-18,22,27-51H2,1-3H3,(H,67,68)/b19-16-,23-20-,24-21-,26-25-. The van der Waals surface area contributed by atoms with Crippen LogP contribution in [0.25, 0.3) is 0 Å². The fourth-order valence-electron chi connectivity index (χ4n) is 8.74. The number of aliphatic carboxylic acids is 1. The van der Waals surface area contributed by atoms with E-state index in [1.165, 1.54) is 70.6 Å². The van der Waals surface area contributed by atoms with E-state index in [1.54, 1.807) is 0 Å². The van der Waals surface area contributed by atoms with E-state index >= 15 is 0 Å². The Morgan fingerprint density at radius 1 is 0.452 bits per heavy atom. The van der Waals surface area contributed by atoms with Crippen LogP contribution >= 0.6 is 0 Å². The van der Waals surface area contributed by atoms with Crippen molar-refractivity contribution in [2.75, 3.05) is 13.2 Å². The molecule has 6 unspecified atom stereocenters. The smallest absolute Gasteiger partial charge is 0.335 e. The summed E-state index contributed by atoms with van der Waals surface area (Å²) in [6.45, 7) is 5.93. The van der Waals surface area contributed by atoms with E-state index in [0.29, 0.717) is 19.3 Å². The number of carboxylic acids is 1. The van der Waals surface area contributed by atoms with Gasteiger partial charge in [0.1, 0.15) is 18.8 Å². The number of hydrogen-bond acceptors (Lipinski definition) is 11. The van der Waals surface area contributed by atoms with Crippen molar-refractivity contribution in [2.45, 2.75) is 302 Å². The van der Waals surface area contributed by atoms with Crippen molar-refractivity contribution < 1.29 is 58.2 Å². The summed E-state index contributed by atoms with van der Waals surface area (Å²) in [5.41, 5.74) is 0. The Hall–Kier alpha value is -3.32. The fourth-order valence-corrected chi connectivity index (χ4v) is 8.74. The average Bonchev–Trinajstić information content (AvgIpc) is 3.37. The maximum atomic E-state index is 13.1. The van der Waals surface area contributed by atoms with Gasteiger partial charge in [-0.05, 0) is 103 Å². The zero-order valence-corrected chi connectivity index (χ0v) is 46.4. The second kappa shape index (κ2) is 49.6. The number of esters is 3. The Labute approximate surface area is 443 Å². The molecule has 0 radical (unpaired) electrons. The zero-order chi connectivity index (χ0) is 53.3. The third kappa shape index (κ3) is 39.7. The molecule has 0 bridgehead atoms. The topological polar surface area (TPSA) is 175 Å². The van der Waals surface area contributed by atoms with Crippen LogP contribution in [-0.4, -0.2) is 89.2 Å². The molecule has 1 saturated heterocycles. The average molecular weight is 1030 g/mol. The Morgan fingerprint density at radius 3 is 1.27 bits per heavy atom. The summed E-state index contributed by atoms with van der Waals surface area (Å²) in [6, 6.07) is 0. The highest BCUT2D eigenvalue weighted by Gasteiger charge is 2.50. The van der Waals surface area contributed by atoms with E-state index in [2.05, 4.69) is 69.4 Å². The van der Waals surface area contributed by atoms with Gasteiger partial charge in [-0.15, -0.1) is 0 Å².